The zero-order valence-corrected chi connectivity index (χ0v) is 9.67. The molecule has 0 fully saturated rings. The van der Waals surface area contributed by atoms with Crippen LogP contribution in [0.5, 0.6) is 0 Å². The molecule has 1 N–H and O–H groups in total. The van der Waals surface area contributed by atoms with Crippen LogP contribution in [0.2, 0.25) is 0 Å². The molecule has 2 atom stereocenters. The lowest BCUT2D eigenvalue weighted by atomic mass is 10.1. The summed E-state index contributed by atoms with van der Waals surface area (Å²) in [6.45, 7) is 5.87. The number of fused-ring (bicyclic) bond motifs is 1. The largest absolute Gasteiger partial charge is 0.307 e. The summed E-state index contributed by atoms with van der Waals surface area (Å²) in [6, 6.07) is 5.83. The molecule has 0 amide bonds. The van der Waals surface area contributed by atoms with Gasteiger partial charge in [-0.2, -0.15) is 0 Å². The van der Waals surface area contributed by atoms with Crippen LogP contribution >= 0.6 is 0 Å². The highest BCUT2D eigenvalue weighted by atomic mass is 19.1. The van der Waals surface area contributed by atoms with Crippen LogP contribution in [0, 0.1) is 5.82 Å². The lowest BCUT2D eigenvalue weighted by Crippen LogP contribution is -2.28. The summed E-state index contributed by atoms with van der Waals surface area (Å²) < 4.78 is 13.2. The van der Waals surface area contributed by atoms with Crippen molar-refractivity contribution in [3.8, 4) is 0 Å². The number of hydrogen-bond donors (Lipinski definition) is 1. The average Bonchev–Trinajstić information content (AvgIpc) is 2.61. The topological polar surface area (TPSA) is 12.0 Å². The van der Waals surface area contributed by atoms with Crippen molar-refractivity contribution < 1.29 is 4.39 Å². The Hall–Kier alpha value is -1.15. The molecule has 0 heterocycles. The van der Waals surface area contributed by atoms with Crippen molar-refractivity contribution >= 4 is 0 Å². The predicted octanol–water partition coefficient (Wildman–Crippen LogP) is 3.37. The van der Waals surface area contributed by atoms with Crippen LogP contribution in [0.3, 0.4) is 0 Å². The Kier molecular flexibility index (Phi) is 3.39. The lowest BCUT2D eigenvalue weighted by Gasteiger charge is -2.19. The van der Waals surface area contributed by atoms with Crippen molar-refractivity contribution in [1.29, 1.82) is 0 Å². The predicted molar refractivity (Wildman–Crippen MR) is 64.9 cm³/mol. The number of rotatable bonds is 4. The normalized spacial score (nSPS) is 20.5. The van der Waals surface area contributed by atoms with Gasteiger partial charge in [-0.05, 0) is 49.4 Å². The van der Waals surface area contributed by atoms with Crippen LogP contribution in [-0.4, -0.2) is 6.04 Å². The van der Waals surface area contributed by atoms with E-state index in [1.54, 1.807) is 12.1 Å². The molecule has 0 aromatic heterocycles. The minimum Gasteiger partial charge on any atom is -0.307 e. The molecule has 1 nitrogen and oxygen atoms in total. The van der Waals surface area contributed by atoms with Crippen LogP contribution < -0.4 is 5.32 Å². The van der Waals surface area contributed by atoms with E-state index in [9.17, 15) is 4.39 Å². The zero-order valence-electron chi connectivity index (χ0n) is 9.67. The third-order valence-electron chi connectivity index (χ3n) is 3.19. The van der Waals surface area contributed by atoms with Crippen molar-refractivity contribution in [3.63, 3.8) is 0 Å². The number of halogens is 1. The molecule has 1 aromatic carbocycles. The van der Waals surface area contributed by atoms with E-state index in [0.717, 1.165) is 24.8 Å². The molecular formula is C14H18FN. The number of aryl methyl sites for hydroxylation is 1. The molecule has 1 aliphatic carbocycles. The van der Waals surface area contributed by atoms with Crippen molar-refractivity contribution in [1.82, 2.24) is 5.32 Å². The lowest BCUT2D eigenvalue weighted by molar-refractivity contribution is 0.454. The fourth-order valence-electron chi connectivity index (χ4n) is 2.41. The van der Waals surface area contributed by atoms with Gasteiger partial charge in [0.25, 0.3) is 0 Å². The summed E-state index contributed by atoms with van der Waals surface area (Å²) in [5.74, 6) is -0.135. The molecule has 0 aliphatic heterocycles. The average molecular weight is 219 g/mol. The first-order valence-electron chi connectivity index (χ1n) is 5.86. The van der Waals surface area contributed by atoms with Gasteiger partial charge >= 0.3 is 0 Å². The van der Waals surface area contributed by atoms with E-state index in [1.165, 1.54) is 5.56 Å². The second-order valence-corrected chi connectivity index (χ2v) is 4.53. The first kappa shape index (κ1) is 11.3. The molecule has 0 saturated carbocycles. The second-order valence-electron chi connectivity index (χ2n) is 4.53. The third kappa shape index (κ3) is 2.33. The molecule has 16 heavy (non-hydrogen) atoms. The minimum absolute atomic E-state index is 0.135. The summed E-state index contributed by atoms with van der Waals surface area (Å²) >= 11 is 0. The maximum atomic E-state index is 13.2. The fourth-order valence-corrected chi connectivity index (χ4v) is 2.41. The summed E-state index contributed by atoms with van der Waals surface area (Å²) in [6.07, 6.45) is 4.98. The Morgan fingerprint density at radius 2 is 2.44 bits per heavy atom. The van der Waals surface area contributed by atoms with Gasteiger partial charge in [0.15, 0.2) is 0 Å². The van der Waals surface area contributed by atoms with Crippen LogP contribution in [0.15, 0.2) is 30.9 Å². The Bertz CT molecular complexity index is 386. The highest BCUT2D eigenvalue weighted by Gasteiger charge is 2.23. The van der Waals surface area contributed by atoms with E-state index in [0.29, 0.717) is 12.1 Å². The Morgan fingerprint density at radius 3 is 3.19 bits per heavy atom. The van der Waals surface area contributed by atoms with Crippen LogP contribution in [0.4, 0.5) is 4.39 Å². The van der Waals surface area contributed by atoms with Gasteiger partial charge in [-0.25, -0.2) is 4.39 Å². The molecular weight excluding hydrogens is 201 g/mol. The van der Waals surface area contributed by atoms with Crippen molar-refractivity contribution in [2.24, 2.45) is 0 Å². The van der Waals surface area contributed by atoms with Crippen molar-refractivity contribution in [2.45, 2.75) is 38.3 Å². The molecule has 0 spiro atoms. The third-order valence-corrected chi connectivity index (χ3v) is 3.19. The first-order valence-corrected chi connectivity index (χ1v) is 5.86. The first-order chi connectivity index (χ1) is 7.70. The molecule has 2 unspecified atom stereocenters. The Balaban J connectivity index is 2.10. The number of benzene rings is 1. The quantitative estimate of drug-likeness (QED) is 0.766. The minimum atomic E-state index is -0.135. The zero-order chi connectivity index (χ0) is 11.5. The maximum Gasteiger partial charge on any atom is 0.123 e. The molecule has 0 saturated heterocycles. The van der Waals surface area contributed by atoms with Crippen LogP contribution in [-0.2, 0) is 6.42 Å². The molecule has 2 heteroatoms. The van der Waals surface area contributed by atoms with E-state index in [4.69, 9.17) is 0 Å². The van der Waals surface area contributed by atoms with E-state index in [1.807, 2.05) is 12.1 Å². The van der Waals surface area contributed by atoms with Crippen LogP contribution in [0.1, 0.15) is 36.9 Å². The van der Waals surface area contributed by atoms with Gasteiger partial charge < -0.3 is 5.32 Å². The van der Waals surface area contributed by atoms with Crippen molar-refractivity contribution in [3.05, 3.63) is 47.8 Å². The molecule has 0 radical (unpaired) electrons. The van der Waals surface area contributed by atoms with E-state index >= 15 is 0 Å². The van der Waals surface area contributed by atoms with Gasteiger partial charge in [-0.3, -0.25) is 0 Å². The molecule has 1 aliphatic rings. The Morgan fingerprint density at radius 1 is 1.62 bits per heavy atom. The fraction of sp³-hybridized carbons (Fsp3) is 0.429. The summed E-state index contributed by atoms with van der Waals surface area (Å²) in [4.78, 5) is 0. The van der Waals surface area contributed by atoms with E-state index in [2.05, 4.69) is 18.8 Å². The van der Waals surface area contributed by atoms with Gasteiger partial charge in [0, 0.05) is 12.1 Å². The summed E-state index contributed by atoms with van der Waals surface area (Å²) in [5.41, 5.74) is 2.42. The highest BCUT2D eigenvalue weighted by molar-refractivity contribution is 5.35. The van der Waals surface area contributed by atoms with Gasteiger partial charge in [-0.15, -0.1) is 6.58 Å². The molecule has 1 aromatic rings. The van der Waals surface area contributed by atoms with Gasteiger partial charge in [0.05, 0.1) is 0 Å². The van der Waals surface area contributed by atoms with Crippen molar-refractivity contribution in [2.75, 3.05) is 0 Å². The summed E-state index contributed by atoms with van der Waals surface area (Å²) in [5, 5.41) is 3.53. The van der Waals surface area contributed by atoms with Gasteiger partial charge in [-0.1, -0.05) is 12.1 Å². The highest BCUT2D eigenvalue weighted by Crippen LogP contribution is 2.31. The standard InChI is InChI=1S/C14H18FN/c1-3-4-10(2)16-14-8-6-11-5-7-12(15)9-13(11)14/h3,5,7,9-10,14,16H,1,4,6,8H2,2H3. The second kappa shape index (κ2) is 4.79. The molecule has 2 rings (SSSR count). The number of nitrogens with one attached hydrogen (secondary N) is 1. The van der Waals surface area contributed by atoms with E-state index in [-0.39, 0.29) is 5.82 Å². The van der Waals surface area contributed by atoms with Crippen LogP contribution in [0.25, 0.3) is 0 Å². The number of hydrogen-bond acceptors (Lipinski definition) is 1. The smallest absolute Gasteiger partial charge is 0.123 e. The Labute approximate surface area is 96.4 Å². The SMILES string of the molecule is C=CCC(C)NC1CCc2ccc(F)cc21. The molecule has 86 valence electrons. The molecule has 0 bridgehead atoms. The monoisotopic (exact) mass is 219 g/mol. The summed E-state index contributed by atoms with van der Waals surface area (Å²) in [7, 11) is 0. The van der Waals surface area contributed by atoms with Gasteiger partial charge in [0.1, 0.15) is 5.82 Å². The van der Waals surface area contributed by atoms with E-state index < -0.39 is 0 Å². The van der Waals surface area contributed by atoms with Gasteiger partial charge in [0.2, 0.25) is 0 Å². The maximum absolute atomic E-state index is 13.2.